The van der Waals surface area contributed by atoms with Crippen molar-refractivity contribution < 1.29 is 19.7 Å². The van der Waals surface area contributed by atoms with E-state index in [4.69, 9.17) is 19.7 Å². The van der Waals surface area contributed by atoms with Crippen LogP contribution in [0.3, 0.4) is 0 Å². The third kappa shape index (κ3) is 23.0. The number of rotatable bonds is 5. The van der Waals surface area contributed by atoms with Crippen LogP contribution in [0.1, 0.15) is 27.7 Å². The van der Waals surface area contributed by atoms with Gasteiger partial charge in [-0.15, -0.1) is 0 Å². The van der Waals surface area contributed by atoms with Crippen molar-refractivity contribution in [2.24, 2.45) is 0 Å². The number of aliphatic hydroxyl groups is 1. The Labute approximate surface area is 97.2 Å². The summed E-state index contributed by atoms with van der Waals surface area (Å²) in [6.45, 7) is 8.39. The highest BCUT2D eigenvalue weighted by Crippen LogP contribution is 1.91. The van der Waals surface area contributed by atoms with Crippen molar-refractivity contribution in [1.82, 2.24) is 0 Å². The van der Waals surface area contributed by atoms with Crippen LogP contribution < -0.4 is 0 Å². The highest BCUT2D eigenvalue weighted by Gasteiger charge is 1.84. The molecule has 0 aliphatic heterocycles. The van der Waals surface area contributed by atoms with Gasteiger partial charge in [-0.2, -0.15) is 0 Å². The largest absolute Gasteiger partial charge is 0.481 e. The zero-order valence-electron chi connectivity index (χ0n) is 10.5. The Morgan fingerprint density at radius 2 is 1.56 bits per heavy atom. The van der Waals surface area contributed by atoms with Gasteiger partial charge >= 0.3 is 0 Å². The second-order valence-electron chi connectivity index (χ2n) is 3.55. The SMILES string of the molecule is CC(=O)O.CC(C)=CCOCC=C(C)CO. The van der Waals surface area contributed by atoms with E-state index in [9.17, 15) is 0 Å². The molecule has 4 nitrogen and oxygen atoms in total. The minimum atomic E-state index is -0.833. The lowest BCUT2D eigenvalue weighted by atomic mass is 10.3. The van der Waals surface area contributed by atoms with Gasteiger partial charge in [0.05, 0.1) is 19.8 Å². The van der Waals surface area contributed by atoms with E-state index in [1.165, 1.54) is 5.57 Å². The molecule has 0 fully saturated rings. The number of aliphatic carboxylic acids is 1. The second kappa shape index (κ2) is 11.9. The van der Waals surface area contributed by atoms with Crippen molar-refractivity contribution in [2.45, 2.75) is 27.7 Å². The van der Waals surface area contributed by atoms with Gasteiger partial charge in [0, 0.05) is 6.92 Å². The van der Waals surface area contributed by atoms with Crippen molar-refractivity contribution in [2.75, 3.05) is 19.8 Å². The third-order valence-electron chi connectivity index (χ3n) is 1.41. The minimum Gasteiger partial charge on any atom is -0.481 e. The lowest BCUT2D eigenvalue weighted by Gasteiger charge is -1.97. The van der Waals surface area contributed by atoms with Crippen molar-refractivity contribution in [3.63, 3.8) is 0 Å². The Bertz CT molecular complexity index is 233. The Morgan fingerprint density at radius 1 is 1.12 bits per heavy atom. The van der Waals surface area contributed by atoms with E-state index in [1.807, 2.05) is 32.9 Å². The van der Waals surface area contributed by atoms with Gasteiger partial charge in [0.15, 0.2) is 0 Å². The monoisotopic (exact) mass is 230 g/mol. The number of aliphatic hydroxyl groups excluding tert-OH is 1. The van der Waals surface area contributed by atoms with E-state index in [0.717, 1.165) is 12.5 Å². The molecule has 4 heteroatoms. The third-order valence-corrected chi connectivity index (χ3v) is 1.41. The van der Waals surface area contributed by atoms with Gasteiger partial charge in [-0.25, -0.2) is 0 Å². The van der Waals surface area contributed by atoms with E-state index >= 15 is 0 Å². The van der Waals surface area contributed by atoms with Gasteiger partial charge in [0.1, 0.15) is 0 Å². The van der Waals surface area contributed by atoms with Gasteiger partial charge in [-0.3, -0.25) is 4.79 Å². The van der Waals surface area contributed by atoms with E-state index in [-0.39, 0.29) is 6.61 Å². The standard InChI is InChI=1S/C10H18O2.C2H4O2/c1-9(2)4-6-12-7-5-10(3)8-11;1-2(3)4/h4-5,11H,6-8H2,1-3H3;1H3,(H,3,4). The number of hydrogen-bond acceptors (Lipinski definition) is 3. The molecular formula is C12H22O4. The zero-order valence-corrected chi connectivity index (χ0v) is 10.5. The van der Waals surface area contributed by atoms with E-state index in [2.05, 4.69) is 0 Å². The smallest absolute Gasteiger partial charge is 0.300 e. The predicted molar refractivity (Wildman–Crippen MR) is 64.4 cm³/mol. The molecule has 0 heterocycles. The molecular weight excluding hydrogens is 208 g/mol. The first-order chi connectivity index (χ1) is 7.40. The summed E-state index contributed by atoms with van der Waals surface area (Å²) in [6.07, 6.45) is 3.92. The molecule has 0 aliphatic carbocycles. The second-order valence-corrected chi connectivity index (χ2v) is 3.55. The maximum Gasteiger partial charge on any atom is 0.300 e. The number of carbonyl (C=O) groups is 1. The van der Waals surface area contributed by atoms with Crippen LogP contribution in [0.25, 0.3) is 0 Å². The number of allylic oxidation sites excluding steroid dienone is 1. The average molecular weight is 230 g/mol. The lowest BCUT2D eigenvalue weighted by molar-refractivity contribution is -0.134. The fourth-order valence-corrected chi connectivity index (χ4v) is 0.559. The summed E-state index contributed by atoms with van der Waals surface area (Å²) in [5, 5.41) is 16.1. The van der Waals surface area contributed by atoms with Crippen molar-refractivity contribution in [3.05, 3.63) is 23.3 Å². The number of ether oxygens (including phenoxy) is 1. The molecule has 0 bridgehead atoms. The molecule has 0 radical (unpaired) electrons. The Hall–Kier alpha value is -1.13. The first-order valence-electron chi connectivity index (χ1n) is 5.07. The molecule has 0 atom stereocenters. The van der Waals surface area contributed by atoms with Crippen LogP contribution in [-0.2, 0) is 9.53 Å². The summed E-state index contributed by atoms with van der Waals surface area (Å²) >= 11 is 0. The normalized spacial score (nSPS) is 10.2. The molecule has 16 heavy (non-hydrogen) atoms. The summed E-state index contributed by atoms with van der Waals surface area (Å²) < 4.78 is 5.25. The molecule has 0 amide bonds. The fourth-order valence-electron chi connectivity index (χ4n) is 0.559. The predicted octanol–water partition coefficient (Wildman–Crippen LogP) is 2.00. The topological polar surface area (TPSA) is 66.8 Å². The number of carboxylic acids is 1. The molecule has 0 aromatic carbocycles. The van der Waals surface area contributed by atoms with E-state index in [1.54, 1.807) is 0 Å². The molecule has 0 aliphatic rings. The molecule has 0 aromatic heterocycles. The van der Waals surface area contributed by atoms with Crippen LogP contribution in [0.4, 0.5) is 0 Å². The van der Waals surface area contributed by atoms with E-state index in [0.29, 0.717) is 13.2 Å². The van der Waals surface area contributed by atoms with Crippen LogP contribution in [0, 0.1) is 0 Å². The summed E-state index contributed by atoms with van der Waals surface area (Å²) in [7, 11) is 0. The minimum absolute atomic E-state index is 0.117. The van der Waals surface area contributed by atoms with Gasteiger partial charge in [-0.05, 0) is 26.3 Å². The molecule has 0 aromatic rings. The van der Waals surface area contributed by atoms with Gasteiger partial charge in [-0.1, -0.05) is 17.7 Å². The molecule has 0 saturated heterocycles. The van der Waals surface area contributed by atoms with Crippen LogP contribution >= 0.6 is 0 Å². The maximum absolute atomic E-state index is 9.00. The van der Waals surface area contributed by atoms with Crippen molar-refractivity contribution in [3.8, 4) is 0 Å². The van der Waals surface area contributed by atoms with Crippen molar-refractivity contribution >= 4 is 5.97 Å². The fraction of sp³-hybridized carbons (Fsp3) is 0.583. The first-order valence-corrected chi connectivity index (χ1v) is 5.07. The van der Waals surface area contributed by atoms with Crippen LogP contribution in [0.5, 0.6) is 0 Å². The van der Waals surface area contributed by atoms with Gasteiger partial charge < -0.3 is 14.9 Å². The molecule has 2 N–H and O–H groups in total. The van der Waals surface area contributed by atoms with Gasteiger partial charge in [0.25, 0.3) is 5.97 Å². The summed E-state index contributed by atoms with van der Waals surface area (Å²) in [4.78, 5) is 9.00. The highest BCUT2D eigenvalue weighted by molar-refractivity contribution is 5.62. The number of hydrogen-bond donors (Lipinski definition) is 2. The highest BCUT2D eigenvalue weighted by atomic mass is 16.5. The van der Waals surface area contributed by atoms with Crippen LogP contribution in [0.2, 0.25) is 0 Å². The molecule has 0 rings (SSSR count). The molecule has 0 unspecified atom stereocenters. The first kappa shape index (κ1) is 17.3. The molecule has 0 spiro atoms. The number of carboxylic acid groups (broad SMARTS) is 1. The van der Waals surface area contributed by atoms with Gasteiger partial charge in [0.2, 0.25) is 0 Å². The average Bonchev–Trinajstić information content (AvgIpc) is 2.15. The Morgan fingerprint density at radius 3 is 1.94 bits per heavy atom. The molecule has 0 saturated carbocycles. The molecule has 94 valence electrons. The van der Waals surface area contributed by atoms with Crippen LogP contribution in [-0.4, -0.2) is 36.0 Å². The Balaban J connectivity index is 0. The summed E-state index contributed by atoms with van der Waals surface area (Å²) in [6, 6.07) is 0. The quantitative estimate of drug-likeness (QED) is 0.560. The zero-order chi connectivity index (χ0) is 13.0. The summed E-state index contributed by atoms with van der Waals surface area (Å²) in [5.74, 6) is -0.833. The maximum atomic E-state index is 9.00. The van der Waals surface area contributed by atoms with E-state index < -0.39 is 5.97 Å². The van der Waals surface area contributed by atoms with Crippen molar-refractivity contribution in [1.29, 1.82) is 0 Å². The summed E-state index contributed by atoms with van der Waals surface area (Å²) in [5.41, 5.74) is 2.21. The lowest BCUT2D eigenvalue weighted by Crippen LogP contribution is -1.94. The Kier molecular flexibility index (Phi) is 12.9. The van der Waals surface area contributed by atoms with Crippen LogP contribution in [0.15, 0.2) is 23.3 Å².